The van der Waals surface area contributed by atoms with Gasteiger partial charge < -0.3 is 14.8 Å². The Morgan fingerprint density at radius 3 is 1.73 bits per heavy atom. The maximum absolute atomic E-state index is 13.7. The average molecular weight is 760 g/mol. The predicted octanol–water partition coefficient (Wildman–Crippen LogP) is 7.18. The molecule has 0 radical (unpaired) electrons. The van der Waals surface area contributed by atoms with Crippen LogP contribution in [0.25, 0.3) is 11.1 Å². The lowest BCUT2D eigenvalue weighted by Gasteiger charge is -2.19. The Morgan fingerprint density at radius 2 is 1.20 bits per heavy atom. The molecule has 11 heteroatoms. The number of amides is 1. The van der Waals surface area contributed by atoms with Crippen molar-refractivity contribution in [3.8, 4) is 11.1 Å². The normalized spacial score (nSPS) is 13.9. The van der Waals surface area contributed by atoms with Crippen LogP contribution in [0.5, 0.6) is 0 Å². The topological polar surface area (TPSA) is 131 Å². The molecule has 4 aromatic rings. The number of hydrogen-bond donors (Lipinski definition) is 1. The Kier molecular flexibility index (Phi) is 13.1. The molecule has 0 spiro atoms. The van der Waals surface area contributed by atoms with Crippen molar-refractivity contribution in [3.63, 3.8) is 0 Å². The fourth-order valence-electron chi connectivity index (χ4n) is 7.32. The van der Waals surface area contributed by atoms with Crippen LogP contribution in [0.1, 0.15) is 111 Å². The van der Waals surface area contributed by atoms with E-state index in [2.05, 4.69) is 15.3 Å². The number of carbonyl (C=O) groups is 4. The lowest BCUT2D eigenvalue weighted by Crippen LogP contribution is -2.27. The lowest BCUT2D eigenvalue weighted by atomic mass is 9.90. The van der Waals surface area contributed by atoms with Crippen LogP contribution in [0.4, 0.5) is 5.69 Å². The number of rotatable bonds is 18. The number of nitrogens with one attached hydrogen (secondary N) is 1. The van der Waals surface area contributed by atoms with Gasteiger partial charge >= 0.3 is 11.9 Å². The minimum absolute atomic E-state index is 0.0500. The molecular formula is C45H53N5O6. The first-order valence-corrected chi connectivity index (χ1v) is 19.6. The summed E-state index contributed by atoms with van der Waals surface area (Å²) in [6.07, 6.45) is 8.03. The molecule has 0 unspecified atom stereocenters. The summed E-state index contributed by atoms with van der Waals surface area (Å²) < 4.78 is 10.2. The standard InChI is InChI=1S/C45H53N5O6/c1-7-55-43(52)26-49(5)24-33-22-46-40(20-37(33)30-15-16-30)42(51)19-32-11-9-12-35(28(32)3)36-13-10-14-39(29(36)4)48-45(54)41-21-38(31-17-18-31)34(23-47-41)25-50(6)27-44(53)56-8-2/h9-14,20-23,30-31H,7-8,15-19,24-27H2,1-6H3,(H,48,54). The Balaban J connectivity index is 1.15. The number of Topliss-reactive ketones (excluding diaryl/α,β-unsaturated/α-hetero) is 1. The smallest absolute Gasteiger partial charge is 0.320 e. The number of ketones is 1. The van der Waals surface area contributed by atoms with Gasteiger partial charge in [-0.05, 0) is 148 Å². The van der Waals surface area contributed by atoms with E-state index >= 15 is 0 Å². The van der Waals surface area contributed by atoms with Gasteiger partial charge in [-0.25, -0.2) is 0 Å². The molecule has 2 fully saturated rings. The summed E-state index contributed by atoms with van der Waals surface area (Å²) in [5.74, 6) is -0.0772. The number of anilines is 1. The van der Waals surface area contributed by atoms with E-state index in [0.29, 0.717) is 55.2 Å². The molecule has 0 bridgehead atoms. The molecular weight excluding hydrogens is 707 g/mol. The SMILES string of the molecule is CCOC(=O)CN(C)Cc1cnc(C(=O)Cc2cccc(-c3cccc(NC(=O)c4cc(C5CC5)c(CN(C)CC(=O)OCC)cn4)c3C)c2C)cc1C1CC1. The number of likely N-dealkylation sites (N-methyl/N-ethyl adjacent to an activating group) is 2. The minimum Gasteiger partial charge on any atom is -0.465 e. The molecule has 294 valence electrons. The number of ether oxygens (including phenoxy) is 2. The Labute approximate surface area is 329 Å². The van der Waals surface area contributed by atoms with Gasteiger partial charge in [-0.3, -0.25) is 38.9 Å². The first-order valence-electron chi connectivity index (χ1n) is 19.6. The van der Waals surface area contributed by atoms with Crippen molar-refractivity contribution in [3.05, 3.63) is 111 Å². The van der Waals surface area contributed by atoms with E-state index in [4.69, 9.17) is 9.47 Å². The van der Waals surface area contributed by atoms with Gasteiger partial charge in [-0.2, -0.15) is 0 Å². The highest BCUT2D eigenvalue weighted by Gasteiger charge is 2.29. The summed E-state index contributed by atoms with van der Waals surface area (Å²) in [7, 11) is 3.76. The van der Waals surface area contributed by atoms with Gasteiger partial charge in [-0.15, -0.1) is 0 Å². The summed E-state index contributed by atoms with van der Waals surface area (Å²) in [5.41, 5.74) is 10.5. The molecule has 1 N–H and O–H groups in total. The third kappa shape index (κ3) is 10.1. The number of benzene rings is 2. The molecule has 2 aromatic heterocycles. The van der Waals surface area contributed by atoms with Crippen molar-refractivity contribution < 1.29 is 28.7 Å². The molecule has 2 aromatic carbocycles. The van der Waals surface area contributed by atoms with Crippen LogP contribution in [-0.4, -0.2) is 83.8 Å². The third-order valence-corrected chi connectivity index (χ3v) is 10.6. The molecule has 0 saturated heterocycles. The van der Waals surface area contributed by atoms with Gasteiger partial charge in [0, 0.05) is 37.6 Å². The van der Waals surface area contributed by atoms with Gasteiger partial charge in [0.2, 0.25) is 0 Å². The van der Waals surface area contributed by atoms with Crippen molar-refractivity contribution >= 4 is 29.3 Å². The highest BCUT2D eigenvalue weighted by molar-refractivity contribution is 6.04. The summed E-state index contributed by atoms with van der Waals surface area (Å²) in [5, 5.41) is 3.10. The zero-order valence-electron chi connectivity index (χ0n) is 33.4. The van der Waals surface area contributed by atoms with Crippen LogP contribution in [0.3, 0.4) is 0 Å². The maximum atomic E-state index is 13.7. The molecule has 2 heterocycles. The second-order valence-corrected chi connectivity index (χ2v) is 15.2. The lowest BCUT2D eigenvalue weighted by molar-refractivity contribution is -0.145. The third-order valence-electron chi connectivity index (χ3n) is 10.6. The number of carbonyl (C=O) groups excluding carboxylic acids is 4. The van der Waals surface area contributed by atoms with Gasteiger partial charge in [-0.1, -0.05) is 30.3 Å². The molecule has 0 atom stereocenters. The highest BCUT2D eigenvalue weighted by Crippen LogP contribution is 2.43. The second-order valence-electron chi connectivity index (χ2n) is 15.2. The average Bonchev–Trinajstić information content (AvgIpc) is 4.09. The van der Waals surface area contributed by atoms with Crippen LogP contribution in [-0.2, 0) is 38.6 Å². The molecule has 0 aliphatic heterocycles. The van der Waals surface area contributed by atoms with E-state index in [9.17, 15) is 19.2 Å². The van der Waals surface area contributed by atoms with Crippen LogP contribution >= 0.6 is 0 Å². The van der Waals surface area contributed by atoms with E-state index < -0.39 is 0 Å². The largest absolute Gasteiger partial charge is 0.465 e. The molecule has 2 aliphatic rings. The fourth-order valence-corrected chi connectivity index (χ4v) is 7.32. The summed E-state index contributed by atoms with van der Waals surface area (Å²) in [6, 6.07) is 15.7. The van der Waals surface area contributed by atoms with E-state index in [0.717, 1.165) is 75.8 Å². The fraction of sp³-hybridized carbons (Fsp3) is 0.422. The van der Waals surface area contributed by atoms with Crippen molar-refractivity contribution in [2.75, 3.05) is 45.7 Å². The van der Waals surface area contributed by atoms with Crippen LogP contribution < -0.4 is 5.32 Å². The van der Waals surface area contributed by atoms with Crippen molar-refractivity contribution in [2.24, 2.45) is 0 Å². The summed E-state index contributed by atoms with van der Waals surface area (Å²) in [4.78, 5) is 64.3. The molecule has 56 heavy (non-hydrogen) atoms. The number of nitrogens with zero attached hydrogens (tertiary/aromatic N) is 4. The minimum atomic E-state index is -0.288. The number of esters is 2. The number of hydrogen-bond acceptors (Lipinski definition) is 10. The predicted molar refractivity (Wildman–Crippen MR) is 216 cm³/mol. The quantitative estimate of drug-likeness (QED) is 0.0822. The number of aromatic nitrogens is 2. The Morgan fingerprint density at radius 1 is 0.696 bits per heavy atom. The van der Waals surface area contributed by atoms with Gasteiger partial charge in [0.25, 0.3) is 5.91 Å². The van der Waals surface area contributed by atoms with Crippen molar-refractivity contribution in [1.82, 2.24) is 19.8 Å². The molecule has 2 aliphatic carbocycles. The number of pyridine rings is 2. The van der Waals surface area contributed by atoms with E-state index in [1.165, 1.54) is 0 Å². The maximum Gasteiger partial charge on any atom is 0.320 e. The van der Waals surface area contributed by atoms with Crippen LogP contribution in [0.2, 0.25) is 0 Å². The van der Waals surface area contributed by atoms with Crippen LogP contribution in [0.15, 0.2) is 60.9 Å². The highest BCUT2D eigenvalue weighted by atomic mass is 16.5. The van der Waals surface area contributed by atoms with E-state index in [-0.39, 0.29) is 43.1 Å². The van der Waals surface area contributed by atoms with Crippen LogP contribution in [0, 0.1) is 13.8 Å². The zero-order chi connectivity index (χ0) is 39.9. The second kappa shape index (κ2) is 18.1. The van der Waals surface area contributed by atoms with Gasteiger partial charge in [0.1, 0.15) is 11.4 Å². The first-order chi connectivity index (χ1) is 26.9. The van der Waals surface area contributed by atoms with E-state index in [1.54, 1.807) is 26.2 Å². The summed E-state index contributed by atoms with van der Waals surface area (Å²) in [6.45, 7) is 9.76. The Hall–Kier alpha value is -5.26. The molecule has 6 rings (SSSR count). The van der Waals surface area contributed by atoms with Gasteiger partial charge in [0.15, 0.2) is 5.78 Å². The first kappa shape index (κ1) is 40.4. The monoisotopic (exact) mass is 759 g/mol. The molecule has 11 nitrogen and oxygen atoms in total. The van der Waals surface area contributed by atoms with Crippen molar-refractivity contribution in [2.45, 2.75) is 84.7 Å². The Bertz CT molecular complexity index is 1960. The van der Waals surface area contributed by atoms with Crippen molar-refractivity contribution in [1.29, 1.82) is 0 Å². The van der Waals surface area contributed by atoms with Gasteiger partial charge in [0.05, 0.1) is 26.3 Å². The zero-order valence-corrected chi connectivity index (χ0v) is 33.4. The summed E-state index contributed by atoms with van der Waals surface area (Å²) >= 11 is 0. The van der Waals surface area contributed by atoms with E-state index in [1.807, 2.05) is 86.3 Å². The molecule has 1 amide bonds. The molecule has 2 saturated carbocycles.